The van der Waals surface area contributed by atoms with E-state index in [9.17, 15) is 9.90 Å². The fourth-order valence-corrected chi connectivity index (χ4v) is 5.77. The van der Waals surface area contributed by atoms with Crippen molar-refractivity contribution in [1.29, 1.82) is 0 Å². The predicted molar refractivity (Wildman–Crippen MR) is 174 cm³/mol. The smallest absolute Gasteiger partial charge is 0.201 e. The number of rotatable bonds is 5. The van der Waals surface area contributed by atoms with Gasteiger partial charge in [-0.2, -0.15) is 10.2 Å². The minimum atomic E-state index is 0. The molecule has 0 bridgehead atoms. The summed E-state index contributed by atoms with van der Waals surface area (Å²) < 4.78 is 0. The first-order chi connectivity index (χ1) is 20.4. The number of hydrogen-bond donors (Lipinski definition) is 1. The van der Waals surface area contributed by atoms with E-state index < -0.39 is 0 Å². The Morgan fingerprint density at radius 1 is 0.705 bits per heavy atom. The first-order valence-corrected chi connectivity index (χ1v) is 16.1. The molecule has 0 saturated heterocycles. The van der Waals surface area contributed by atoms with Crippen molar-refractivity contribution in [3.8, 4) is 22.8 Å². The SMILES string of the molecule is CC(C)(C)c1c[c-]c(-c2nnc(-c3ccc(C(C)(C)C)cc3)nn2)cc1.O=C(/C=C(\O)C1CCCCC1)C1CCCCC1.[Ir]. The zero-order chi connectivity index (χ0) is 31.0. The number of aliphatic hydroxyl groups excluding tert-OH is 1. The fraction of sp³-hybridized carbons (Fsp3) is 0.541. The minimum absolute atomic E-state index is 0. The van der Waals surface area contributed by atoms with Crippen molar-refractivity contribution in [3.63, 3.8) is 0 Å². The molecule has 2 aliphatic carbocycles. The van der Waals surface area contributed by atoms with Crippen LogP contribution in [0.4, 0.5) is 0 Å². The molecule has 2 fully saturated rings. The average Bonchev–Trinajstić information content (AvgIpc) is 3.01. The molecule has 2 aromatic carbocycles. The van der Waals surface area contributed by atoms with Crippen molar-refractivity contribution in [1.82, 2.24) is 20.4 Å². The maximum atomic E-state index is 12.0. The van der Waals surface area contributed by atoms with E-state index >= 15 is 0 Å². The molecule has 44 heavy (non-hydrogen) atoms. The van der Waals surface area contributed by atoms with Gasteiger partial charge in [-0.1, -0.05) is 104 Å². The Hall–Kier alpha value is -2.76. The summed E-state index contributed by atoms with van der Waals surface area (Å²) in [6.45, 7) is 13.1. The number of ketones is 1. The monoisotopic (exact) mass is 774 g/mol. The molecule has 5 rings (SSSR count). The van der Waals surface area contributed by atoms with Crippen molar-refractivity contribution in [3.05, 3.63) is 71.5 Å². The molecule has 6 nitrogen and oxygen atoms in total. The molecule has 7 heteroatoms. The van der Waals surface area contributed by atoms with Gasteiger partial charge in [-0.3, -0.25) is 4.79 Å². The van der Waals surface area contributed by atoms with Crippen LogP contribution in [-0.4, -0.2) is 31.3 Å². The Labute approximate surface area is 277 Å². The summed E-state index contributed by atoms with van der Waals surface area (Å²) in [6, 6.07) is 17.5. The number of carbonyl (C=O) groups is 1. The van der Waals surface area contributed by atoms with E-state index in [0.717, 1.165) is 36.8 Å². The van der Waals surface area contributed by atoms with Gasteiger partial charge in [0.1, 0.15) is 5.82 Å². The first-order valence-electron chi connectivity index (χ1n) is 16.1. The standard InChI is InChI=1S/C22H25N4.C15H24O2.Ir/c1-21(2,3)17-11-7-15(8-12-17)19-23-25-20(26-24-19)16-9-13-18(14-10-16)22(4,5)6;16-14(12-7-3-1-4-8-12)11-15(17)13-9-5-2-6-10-13;/h7-9,11-14H,1-6H3;11-13,16H,1-10H2;/q-1;;/b;14-11-;. The summed E-state index contributed by atoms with van der Waals surface area (Å²) in [5, 5.41) is 27.0. The van der Waals surface area contributed by atoms with E-state index in [1.807, 2.05) is 24.3 Å². The molecule has 0 atom stereocenters. The van der Waals surface area contributed by atoms with Crippen LogP contribution < -0.4 is 0 Å². The molecule has 3 aromatic rings. The second kappa shape index (κ2) is 16.0. The van der Waals surface area contributed by atoms with Crippen molar-refractivity contribution in [2.75, 3.05) is 0 Å². The Morgan fingerprint density at radius 3 is 1.66 bits per heavy atom. The molecule has 2 saturated carbocycles. The largest absolute Gasteiger partial charge is 0.512 e. The second-order valence-electron chi connectivity index (χ2n) is 14.3. The molecule has 0 aliphatic heterocycles. The van der Waals surface area contributed by atoms with E-state index in [2.05, 4.69) is 86.2 Å². The van der Waals surface area contributed by atoms with Gasteiger partial charge in [0.25, 0.3) is 0 Å². The Morgan fingerprint density at radius 2 is 1.18 bits per heavy atom. The van der Waals surface area contributed by atoms with Crippen LogP contribution in [-0.2, 0) is 35.7 Å². The third-order valence-electron chi connectivity index (χ3n) is 8.73. The van der Waals surface area contributed by atoms with Gasteiger partial charge in [0.2, 0.25) is 5.82 Å². The third kappa shape index (κ3) is 10.1. The van der Waals surface area contributed by atoms with Gasteiger partial charge >= 0.3 is 0 Å². The number of carbonyl (C=O) groups excluding carboxylic acids is 1. The van der Waals surface area contributed by atoms with Gasteiger partial charge < -0.3 is 5.11 Å². The van der Waals surface area contributed by atoms with E-state index in [4.69, 9.17) is 0 Å². The number of hydrogen-bond acceptors (Lipinski definition) is 6. The van der Waals surface area contributed by atoms with Crippen LogP contribution in [0.5, 0.6) is 0 Å². The molecular formula is C37H49IrN4O2-. The number of aliphatic hydroxyl groups is 1. The molecule has 239 valence electrons. The summed E-state index contributed by atoms with van der Waals surface area (Å²) in [4.78, 5) is 12.0. The molecule has 1 aromatic heterocycles. The fourth-order valence-electron chi connectivity index (χ4n) is 5.77. The summed E-state index contributed by atoms with van der Waals surface area (Å²) in [5.41, 5.74) is 4.42. The van der Waals surface area contributed by atoms with Crippen molar-refractivity contribution in [2.45, 2.75) is 117 Å². The van der Waals surface area contributed by atoms with E-state index in [1.54, 1.807) is 6.08 Å². The normalized spacial score (nSPS) is 16.8. The molecule has 0 amide bonds. The van der Waals surface area contributed by atoms with Crippen LogP contribution in [0.3, 0.4) is 0 Å². The topological polar surface area (TPSA) is 88.9 Å². The Balaban J connectivity index is 0.000000256. The van der Waals surface area contributed by atoms with Crippen LogP contribution in [0.2, 0.25) is 0 Å². The minimum Gasteiger partial charge on any atom is -0.512 e. The average molecular weight is 774 g/mol. The van der Waals surface area contributed by atoms with Gasteiger partial charge in [-0.25, -0.2) is 0 Å². The maximum absolute atomic E-state index is 12.0. The van der Waals surface area contributed by atoms with Crippen molar-refractivity contribution in [2.24, 2.45) is 11.8 Å². The van der Waals surface area contributed by atoms with Crippen LogP contribution in [0.1, 0.15) is 117 Å². The number of benzene rings is 2. The molecule has 1 radical (unpaired) electrons. The van der Waals surface area contributed by atoms with Crippen LogP contribution >= 0.6 is 0 Å². The summed E-state index contributed by atoms with van der Waals surface area (Å²) in [7, 11) is 0. The number of nitrogens with zero attached hydrogens (tertiary/aromatic N) is 4. The van der Waals surface area contributed by atoms with Crippen molar-refractivity contribution < 1.29 is 30.0 Å². The van der Waals surface area contributed by atoms with Crippen LogP contribution in [0, 0.1) is 17.9 Å². The molecule has 2 aliphatic rings. The Bertz CT molecular complexity index is 1270. The van der Waals surface area contributed by atoms with Crippen LogP contribution in [0.15, 0.2) is 54.3 Å². The molecule has 0 unspecified atom stereocenters. The van der Waals surface area contributed by atoms with E-state index in [0.29, 0.717) is 17.4 Å². The zero-order valence-electron chi connectivity index (χ0n) is 27.3. The van der Waals surface area contributed by atoms with Crippen molar-refractivity contribution >= 4 is 5.78 Å². The second-order valence-corrected chi connectivity index (χ2v) is 14.3. The van der Waals surface area contributed by atoms with Gasteiger partial charge in [0, 0.05) is 43.6 Å². The molecular weight excluding hydrogens is 725 g/mol. The summed E-state index contributed by atoms with van der Waals surface area (Å²) in [6.07, 6.45) is 13.0. The van der Waals surface area contributed by atoms with Gasteiger partial charge in [0.15, 0.2) is 5.78 Å². The predicted octanol–water partition coefficient (Wildman–Crippen LogP) is 9.15. The number of aromatic nitrogens is 4. The molecule has 1 heterocycles. The zero-order valence-corrected chi connectivity index (χ0v) is 29.7. The quantitative estimate of drug-likeness (QED) is 0.158. The van der Waals surface area contributed by atoms with E-state index in [-0.39, 0.29) is 48.6 Å². The summed E-state index contributed by atoms with van der Waals surface area (Å²) >= 11 is 0. The first kappa shape index (κ1) is 35.7. The van der Waals surface area contributed by atoms with Gasteiger partial charge in [0.05, 0.1) is 5.76 Å². The van der Waals surface area contributed by atoms with E-state index in [1.165, 1.54) is 49.7 Å². The third-order valence-corrected chi connectivity index (χ3v) is 8.73. The Kier molecular flexibility index (Phi) is 13.0. The van der Waals surface area contributed by atoms with Gasteiger partial charge in [-0.15, -0.1) is 45.6 Å². The van der Waals surface area contributed by atoms with Gasteiger partial charge in [-0.05, 0) is 42.1 Å². The summed E-state index contributed by atoms with van der Waals surface area (Å²) in [5.74, 6) is 2.00. The number of allylic oxidation sites excluding steroid dienone is 2. The molecule has 1 N–H and O–H groups in total. The molecule has 0 spiro atoms. The maximum Gasteiger partial charge on any atom is 0.201 e. The van der Waals surface area contributed by atoms with Crippen LogP contribution in [0.25, 0.3) is 22.8 Å².